The van der Waals surface area contributed by atoms with Crippen molar-refractivity contribution in [3.05, 3.63) is 70.1 Å². The molecule has 0 unspecified atom stereocenters. The number of dihydropyridines is 2. The Morgan fingerprint density at radius 1 is 1.33 bits per heavy atom. The van der Waals surface area contributed by atoms with Gasteiger partial charge in [0.05, 0.1) is 17.0 Å². The molecule has 0 saturated carbocycles. The summed E-state index contributed by atoms with van der Waals surface area (Å²) in [5.41, 5.74) is 11.3. The van der Waals surface area contributed by atoms with E-state index in [4.69, 9.17) is 21.3 Å². The van der Waals surface area contributed by atoms with Gasteiger partial charge in [0.1, 0.15) is 11.7 Å². The van der Waals surface area contributed by atoms with Crippen LogP contribution in [0.25, 0.3) is 0 Å². The maximum Gasteiger partial charge on any atom is 0.123 e. The highest BCUT2D eigenvalue weighted by Gasteiger charge is 2.37. The molecule has 194 valence electrons. The topological polar surface area (TPSA) is 135 Å². The van der Waals surface area contributed by atoms with E-state index in [9.17, 15) is 0 Å². The van der Waals surface area contributed by atoms with Gasteiger partial charge in [0.25, 0.3) is 0 Å². The number of nitrogens with zero attached hydrogens (tertiary/aromatic N) is 2. The maximum absolute atomic E-state index is 8.24. The van der Waals surface area contributed by atoms with E-state index >= 15 is 0 Å². The monoisotopic (exact) mass is 492 g/mol. The third-order valence-electron chi connectivity index (χ3n) is 6.40. The summed E-state index contributed by atoms with van der Waals surface area (Å²) in [6.07, 6.45) is 13.6. The Balaban J connectivity index is 1.57. The Morgan fingerprint density at radius 2 is 2.08 bits per heavy atom. The standard InChI is InChI=1S/C27H40N8O/c1-18(2)20(13-28)12-25(30)34-26-8-7-23-24(33-26)11-21(14-32-23)22(19(3)29)15-31-9-6-10-35-16-27(4,17-35)36-5/h7-8,11-15,18,28,32-33H,6,9-10,16-17,29H2,1-5H3,(H2,30,34). The van der Waals surface area contributed by atoms with Crippen LogP contribution in [0.2, 0.25) is 0 Å². The van der Waals surface area contributed by atoms with E-state index in [2.05, 4.69) is 32.8 Å². The summed E-state index contributed by atoms with van der Waals surface area (Å²) >= 11 is 0. The molecule has 3 rings (SSSR count). The largest absolute Gasteiger partial charge is 0.402 e. The summed E-state index contributed by atoms with van der Waals surface area (Å²) in [5, 5.41) is 25.5. The predicted octanol–water partition coefficient (Wildman–Crippen LogP) is 2.90. The van der Waals surface area contributed by atoms with Crippen LogP contribution in [0.1, 0.15) is 34.1 Å². The van der Waals surface area contributed by atoms with E-state index < -0.39 is 0 Å². The SMILES string of the molecule is COC1(C)CN(CCCN=CC(C2=CNC3=CC=C(NC(=N)C=C(C=N)C(C)C)NC3=C2)=C(C)N)C1. The minimum Gasteiger partial charge on any atom is -0.402 e. The van der Waals surface area contributed by atoms with E-state index in [1.165, 1.54) is 6.21 Å². The third-order valence-corrected chi connectivity index (χ3v) is 6.40. The number of aliphatic imine (C=N–C) groups is 1. The van der Waals surface area contributed by atoms with Gasteiger partial charge in [-0.3, -0.25) is 15.3 Å². The fourth-order valence-electron chi connectivity index (χ4n) is 4.19. The molecule has 0 aromatic heterocycles. The average molecular weight is 493 g/mol. The zero-order valence-electron chi connectivity index (χ0n) is 22.0. The van der Waals surface area contributed by atoms with Crippen molar-refractivity contribution in [1.29, 1.82) is 10.8 Å². The number of hydrogen-bond donors (Lipinski definition) is 6. The van der Waals surface area contributed by atoms with Gasteiger partial charge in [-0.15, -0.1) is 0 Å². The predicted molar refractivity (Wildman–Crippen MR) is 148 cm³/mol. The van der Waals surface area contributed by atoms with Gasteiger partial charge in [0, 0.05) is 68.8 Å². The van der Waals surface area contributed by atoms with Gasteiger partial charge in [-0.2, -0.15) is 0 Å². The highest BCUT2D eigenvalue weighted by molar-refractivity contribution is 5.97. The molecule has 0 radical (unpaired) electrons. The molecule has 1 saturated heterocycles. The van der Waals surface area contributed by atoms with Gasteiger partial charge in [-0.25, -0.2) is 0 Å². The summed E-state index contributed by atoms with van der Waals surface area (Å²) in [6, 6.07) is 0. The maximum atomic E-state index is 8.24. The lowest BCUT2D eigenvalue weighted by Gasteiger charge is -2.46. The molecule has 1 fully saturated rings. The van der Waals surface area contributed by atoms with Crippen LogP contribution in [0.5, 0.6) is 0 Å². The van der Waals surface area contributed by atoms with Gasteiger partial charge in [-0.05, 0) is 56.1 Å². The van der Waals surface area contributed by atoms with E-state index in [1.54, 1.807) is 13.2 Å². The zero-order valence-corrected chi connectivity index (χ0v) is 22.0. The van der Waals surface area contributed by atoms with Gasteiger partial charge < -0.3 is 31.8 Å². The molecule has 3 aliphatic heterocycles. The van der Waals surface area contributed by atoms with Crippen LogP contribution in [0, 0.1) is 16.7 Å². The van der Waals surface area contributed by atoms with Crippen LogP contribution < -0.4 is 21.7 Å². The molecule has 0 atom stereocenters. The summed E-state index contributed by atoms with van der Waals surface area (Å²) in [6.45, 7) is 11.7. The molecule has 0 aliphatic carbocycles. The highest BCUT2D eigenvalue weighted by Crippen LogP contribution is 2.24. The third kappa shape index (κ3) is 7.05. The second-order valence-corrected chi connectivity index (χ2v) is 9.92. The molecule has 0 bridgehead atoms. The van der Waals surface area contributed by atoms with E-state index in [0.29, 0.717) is 11.5 Å². The number of hydrogen-bond acceptors (Lipinski definition) is 8. The molecule has 0 aromatic carbocycles. The molecule has 3 aliphatic rings. The molecule has 9 heteroatoms. The minimum absolute atomic E-state index is 0.00334. The Labute approximate surface area is 214 Å². The molecular formula is C27H40N8O. The number of nitrogens with one attached hydrogen (secondary N) is 5. The molecule has 7 N–H and O–H groups in total. The smallest absolute Gasteiger partial charge is 0.123 e. The molecule has 3 heterocycles. The number of allylic oxidation sites excluding steroid dienone is 7. The van der Waals surface area contributed by atoms with Crippen molar-refractivity contribution < 1.29 is 4.74 Å². The van der Waals surface area contributed by atoms with Crippen molar-refractivity contribution in [1.82, 2.24) is 20.9 Å². The van der Waals surface area contributed by atoms with Crippen molar-refractivity contribution in [3.8, 4) is 0 Å². The number of fused-ring (bicyclic) bond motifs is 1. The molecule has 0 aromatic rings. The first-order valence-corrected chi connectivity index (χ1v) is 12.3. The fraction of sp³-hybridized carbons (Fsp3) is 0.444. The van der Waals surface area contributed by atoms with Crippen LogP contribution >= 0.6 is 0 Å². The van der Waals surface area contributed by atoms with Crippen molar-refractivity contribution in [3.63, 3.8) is 0 Å². The van der Waals surface area contributed by atoms with Crippen molar-refractivity contribution >= 4 is 18.3 Å². The van der Waals surface area contributed by atoms with Crippen LogP contribution in [0.4, 0.5) is 0 Å². The zero-order chi connectivity index (χ0) is 26.3. The van der Waals surface area contributed by atoms with Gasteiger partial charge in [0.2, 0.25) is 0 Å². The quantitative estimate of drug-likeness (QED) is 0.149. The number of rotatable bonds is 11. The summed E-state index contributed by atoms with van der Waals surface area (Å²) in [5.74, 6) is 1.08. The number of ether oxygens (including phenoxy) is 1. The number of amidine groups is 1. The molecule has 9 nitrogen and oxygen atoms in total. The normalized spacial score (nSPS) is 20.1. The van der Waals surface area contributed by atoms with Crippen molar-refractivity contribution in [2.75, 3.05) is 33.3 Å². The van der Waals surface area contributed by atoms with Crippen LogP contribution in [-0.4, -0.2) is 62.1 Å². The van der Waals surface area contributed by atoms with Gasteiger partial charge >= 0.3 is 0 Å². The van der Waals surface area contributed by atoms with E-state index in [0.717, 1.165) is 60.7 Å². The number of likely N-dealkylation sites (tertiary alicyclic amines) is 1. The van der Waals surface area contributed by atoms with Crippen LogP contribution in [-0.2, 0) is 4.74 Å². The molecule has 36 heavy (non-hydrogen) atoms. The summed E-state index contributed by atoms with van der Waals surface area (Å²) in [7, 11) is 1.77. The second kappa shape index (κ2) is 12.0. The summed E-state index contributed by atoms with van der Waals surface area (Å²) in [4.78, 5) is 7.02. The van der Waals surface area contributed by atoms with Gasteiger partial charge in [0.15, 0.2) is 0 Å². The van der Waals surface area contributed by atoms with Crippen molar-refractivity contribution in [2.45, 2.75) is 39.7 Å². The Bertz CT molecular complexity index is 1080. The number of nitrogens with two attached hydrogens (primary N) is 1. The van der Waals surface area contributed by atoms with Gasteiger partial charge in [-0.1, -0.05) is 13.8 Å². The van der Waals surface area contributed by atoms with E-state index in [-0.39, 0.29) is 17.4 Å². The lowest BCUT2D eigenvalue weighted by Crippen LogP contribution is -2.60. The lowest BCUT2D eigenvalue weighted by atomic mass is 9.96. The fourth-order valence-corrected chi connectivity index (χ4v) is 4.19. The van der Waals surface area contributed by atoms with Crippen LogP contribution in [0.3, 0.4) is 0 Å². The van der Waals surface area contributed by atoms with Crippen LogP contribution in [0.15, 0.2) is 75.1 Å². The molecular weight excluding hydrogens is 452 g/mol. The Hall–Kier alpha value is -3.43. The van der Waals surface area contributed by atoms with Crippen molar-refractivity contribution in [2.24, 2.45) is 16.6 Å². The molecule has 0 spiro atoms. The first-order chi connectivity index (χ1) is 17.1. The van der Waals surface area contributed by atoms with E-state index in [1.807, 2.05) is 51.4 Å². The Morgan fingerprint density at radius 3 is 2.72 bits per heavy atom. The highest BCUT2D eigenvalue weighted by atomic mass is 16.5. The lowest BCUT2D eigenvalue weighted by molar-refractivity contribution is -0.110. The average Bonchev–Trinajstić information content (AvgIpc) is 2.82. The second-order valence-electron chi connectivity index (χ2n) is 9.92. The summed E-state index contributed by atoms with van der Waals surface area (Å²) < 4.78 is 5.50. The Kier molecular flexibility index (Phi) is 9.06. The number of methoxy groups -OCH3 is 1. The first kappa shape index (κ1) is 27.2. The first-order valence-electron chi connectivity index (χ1n) is 12.3. The molecule has 0 amide bonds. The minimum atomic E-state index is 0.00334.